The van der Waals surface area contributed by atoms with Crippen molar-refractivity contribution >= 4 is 32.6 Å². The van der Waals surface area contributed by atoms with Crippen LogP contribution in [0.3, 0.4) is 0 Å². The van der Waals surface area contributed by atoms with E-state index in [0.717, 1.165) is 6.26 Å². The van der Waals surface area contributed by atoms with E-state index in [2.05, 4.69) is 4.98 Å². The van der Waals surface area contributed by atoms with Gasteiger partial charge in [0.25, 0.3) is 11.5 Å². The van der Waals surface area contributed by atoms with Gasteiger partial charge in [-0.25, -0.2) is 28.1 Å². The summed E-state index contributed by atoms with van der Waals surface area (Å²) in [5, 5.41) is 17.9. The van der Waals surface area contributed by atoms with E-state index >= 15 is 0 Å². The molecule has 1 aromatic heterocycles. The number of rotatable bonds is 9. The largest absolute Gasteiger partial charge is 0.490 e. The molecule has 0 saturated carbocycles. The number of hydrogen-bond donors (Lipinski definition) is 3. The summed E-state index contributed by atoms with van der Waals surface area (Å²) in [6, 6.07) is 9.73. The molecule has 3 N–H and O–H groups in total. The molecule has 0 unspecified atom stereocenters. The van der Waals surface area contributed by atoms with Crippen molar-refractivity contribution in [3.8, 4) is 11.1 Å². The van der Waals surface area contributed by atoms with Crippen molar-refractivity contribution < 1.29 is 50.7 Å². The lowest BCUT2D eigenvalue weighted by molar-refractivity contribution is -0.192. The van der Waals surface area contributed by atoms with Gasteiger partial charge in [-0.2, -0.15) is 18.2 Å². The fourth-order valence-electron chi connectivity index (χ4n) is 3.58. The van der Waals surface area contributed by atoms with Gasteiger partial charge in [0.05, 0.1) is 30.9 Å². The lowest BCUT2D eigenvalue weighted by atomic mass is 10.0. The summed E-state index contributed by atoms with van der Waals surface area (Å²) in [4.78, 5) is 43.2. The SMILES string of the molecule is CON(C)Cc1ccc(-c2ccc3c(=O)n(CC[C@](C)(C(=O)NO)S(C)(=O)=O)cnc3c2)cc1F.O=C(O)C(F)(F)F. The Kier molecular flexibility index (Phi) is 10.9. The molecular weight excluding hydrogens is 592 g/mol. The Morgan fingerprint density at radius 1 is 1.14 bits per heavy atom. The second kappa shape index (κ2) is 13.4. The molecule has 0 aliphatic rings. The third-order valence-electron chi connectivity index (χ3n) is 6.39. The topological polar surface area (TPSA) is 168 Å². The average Bonchev–Trinajstić information content (AvgIpc) is 2.92. The number of carbonyl (C=O) groups excluding carboxylic acids is 1. The van der Waals surface area contributed by atoms with Gasteiger partial charge in [0, 0.05) is 25.4 Å². The molecule has 1 atom stereocenters. The van der Waals surface area contributed by atoms with E-state index in [0.29, 0.717) is 22.2 Å². The first kappa shape index (κ1) is 34.3. The van der Waals surface area contributed by atoms with Crippen molar-refractivity contribution in [2.45, 2.75) is 37.4 Å². The fraction of sp³-hybridized carbons (Fsp3) is 0.360. The van der Waals surface area contributed by atoms with Gasteiger partial charge in [-0.15, -0.1) is 0 Å². The van der Waals surface area contributed by atoms with Gasteiger partial charge in [-0.1, -0.05) is 18.2 Å². The molecule has 0 spiro atoms. The quantitative estimate of drug-likeness (QED) is 0.184. The van der Waals surface area contributed by atoms with Crippen molar-refractivity contribution in [1.29, 1.82) is 0 Å². The first-order chi connectivity index (χ1) is 19.3. The molecule has 0 aliphatic carbocycles. The number of aryl methyl sites for hydroxylation is 1. The zero-order chi connectivity index (χ0) is 32.0. The minimum Gasteiger partial charge on any atom is -0.475 e. The maximum absolute atomic E-state index is 14.6. The Hall–Kier alpha value is -3.93. The van der Waals surface area contributed by atoms with E-state index in [-0.39, 0.29) is 24.9 Å². The molecule has 0 fully saturated rings. The number of nitrogens with zero attached hydrogens (tertiary/aromatic N) is 3. The van der Waals surface area contributed by atoms with Crippen LogP contribution >= 0.6 is 0 Å². The van der Waals surface area contributed by atoms with E-state index in [9.17, 15) is 35.6 Å². The number of benzene rings is 2. The molecule has 0 aliphatic heterocycles. The number of carbonyl (C=O) groups is 2. The lowest BCUT2D eigenvalue weighted by Gasteiger charge is -2.25. The number of carboxylic acid groups (broad SMARTS) is 1. The van der Waals surface area contributed by atoms with Crippen molar-refractivity contribution in [2.75, 3.05) is 20.4 Å². The van der Waals surface area contributed by atoms with Gasteiger partial charge in [0.1, 0.15) is 5.82 Å². The monoisotopic (exact) mass is 620 g/mol. The Morgan fingerprint density at radius 3 is 2.21 bits per heavy atom. The van der Waals surface area contributed by atoms with E-state index in [1.165, 1.54) is 41.5 Å². The second-order valence-corrected chi connectivity index (χ2v) is 11.7. The molecule has 3 rings (SSSR count). The van der Waals surface area contributed by atoms with Gasteiger partial charge in [-0.3, -0.25) is 19.4 Å². The highest BCUT2D eigenvalue weighted by molar-refractivity contribution is 7.92. The number of carboxylic acids is 1. The second-order valence-electron chi connectivity index (χ2n) is 9.25. The number of hydroxylamine groups is 3. The van der Waals surface area contributed by atoms with E-state index in [1.807, 2.05) is 0 Å². The van der Waals surface area contributed by atoms with Gasteiger partial charge in [-0.05, 0) is 42.7 Å². The molecule has 0 saturated heterocycles. The zero-order valence-corrected chi connectivity index (χ0v) is 23.6. The van der Waals surface area contributed by atoms with Gasteiger partial charge in [0.15, 0.2) is 14.6 Å². The number of alkyl halides is 3. The van der Waals surface area contributed by atoms with Crippen LogP contribution in [0.4, 0.5) is 17.6 Å². The molecule has 2 aromatic carbocycles. The Bertz CT molecular complexity index is 1630. The highest BCUT2D eigenvalue weighted by Crippen LogP contribution is 2.26. The number of hydrogen-bond acceptors (Lipinski definition) is 9. The predicted molar refractivity (Wildman–Crippen MR) is 141 cm³/mol. The molecule has 42 heavy (non-hydrogen) atoms. The van der Waals surface area contributed by atoms with Crippen LogP contribution in [-0.4, -0.2) is 76.6 Å². The summed E-state index contributed by atoms with van der Waals surface area (Å²) in [5.41, 5.74) is 3.07. The van der Waals surface area contributed by atoms with Crippen LogP contribution in [0, 0.1) is 5.82 Å². The van der Waals surface area contributed by atoms with Crippen molar-refractivity contribution in [1.82, 2.24) is 20.1 Å². The van der Waals surface area contributed by atoms with Crippen LogP contribution in [-0.2, 0) is 37.4 Å². The molecule has 230 valence electrons. The van der Waals surface area contributed by atoms with E-state index < -0.39 is 44.0 Å². The Balaban J connectivity index is 0.000000782. The minimum atomic E-state index is -5.08. The van der Waals surface area contributed by atoms with Gasteiger partial charge < -0.3 is 9.94 Å². The minimum absolute atomic E-state index is 0.122. The predicted octanol–water partition coefficient (Wildman–Crippen LogP) is 2.53. The molecule has 0 bridgehead atoms. The summed E-state index contributed by atoms with van der Waals surface area (Å²) in [5.74, 6) is -4.23. The summed E-state index contributed by atoms with van der Waals surface area (Å²) in [7, 11) is -0.710. The molecular formula is C25H28F4N4O8S. The van der Waals surface area contributed by atoms with E-state index in [1.54, 1.807) is 37.4 Å². The number of amides is 1. The third-order valence-corrected chi connectivity index (χ3v) is 8.42. The van der Waals surface area contributed by atoms with Crippen LogP contribution in [0.1, 0.15) is 18.9 Å². The third kappa shape index (κ3) is 8.09. The Morgan fingerprint density at radius 2 is 1.71 bits per heavy atom. The van der Waals surface area contributed by atoms with Crippen LogP contribution in [0.25, 0.3) is 22.0 Å². The number of nitrogens with one attached hydrogen (secondary N) is 1. The smallest absolute Gasteiger partial charge is 0.475 e. The molecule has 1 heterocycles. The van der Waals surface area contributed by atoms with Gasteiger partial charge >= 0.3 is 12.1 Å². The number of aromatic nitrogens is 2. The number of aliphatic carboxylic acids is 1. The molecule has 0 radical (unpaired) electrons. The summed E-state index contributed by atoms with van der Waals surface area (Å²) < 4.78 is 69.9. The number of fused-ring (bicyclic) bond motifs is 1. The lowest BCUT2D eigenvalue weighted by Crippen LogP contribution is -2.50. The van der Waals surface area contributed by atoms with Crippen LogP contribution in [0.5, 0.6) is 0 Å². The molecule has 17 heteroatoms. The van der Waals surface area contributed by atoms with Crippen molar-refractivity contribution in [3.63, 3.8) is 0 Å². The summed E-state index contributed by atoms with van der Waals surface area (Å²) in [6.45, 7) is 1.33. The van der Waals surface area contributed by atoms with E-state index in [4.69, 9.17) is 19.9 Å². The fourth-order valence-corrected chi connectivity index (χ4v) is 4.42. The van der Waals surface area contributed by atoms with Gasteiger partial charge in [0.2, 0.25) is 0 Å². The maximum atomic E-state index is 14.6. The Labute approximate surface area is 237 Å². The van der Waals surface area contributed by atoms with Crippen molar-refractivity contribution in [3.05, 3.63) is 64.5 Å². The highest BCUT2D eigenvalue weighted by atomic mass is 32.2. The maximum Gasteiger partial charge on any atom is 0.490 e. The first-order valence-electron chi connectivity index (χ1n) is 11.8. The molecule has 12 nitrogen and oxygen atoms in total. The normalized spacial score (nSPS) is 13.3. The molecule has 3 aromatic rings. The standard InChI is InChI=1S/C23H27FN4O6S.C2HF3O2/c1-23(22(30)26-31,35(4,32)33)9-10-28-14-25-20-12-16(7-8-18(20)21(28)29)15-5-6-17(19(24)11-15)13-27(2)34-3;3-2(4,5)1(6)7/h5-8,11-12,14,31H,9-10,13H2,1-4H3,(H,26,30);(H,6,7)/t23-;/m1./s1. The van der Waals surface area contributed by atoms with Crippen molar-refractivity contribution in [2.24, 2.45) is 0 Å². The average molecular weight is 621 g/mol. The number of sulfone groups is 1. The van der Waals surface area contributed by atoms with Crippen LogP contribution < -0.4 is 11.0 Å². The number of halogens is 4. The van der Waals surface area contributed by atoms with Crippen LogP contribution in [0.15, 0.2) is 47.5 Å². The molecule has 1 amide bonds. The van der Waals surface area contributed by atoms with Crippen LogP contribution in [0.2, 0.25) is 0 Å². The summed E-state index contributed by atoms with van der Waals surface area (Å²) in [6.07, 6.45) is -3.19. The first-order valence-corrected chi connectivity index (χ1v) is 13.7. The highest BCUT2D eigenvalue weighted by Gasteiger charge is 2.43. The summed E-state index contributed by atoms with van der Waals surface area (Å²) >= 11 is 0. The zero-order valence-electron chi connectivity index (χ0n) is 22.8.